The second-order valence-corrected chi connectivity index (χ2v) is 6.59. The molecule has 0 bridgehead atoms. The first-order chi connectivity index (χ1) is 12.0. The molecule has 1 aromatic carbocycles. The zero-order valence-corrected chi connectivity index (χ0v) is 14.8. The summed E-state index contributed by atoms with van der Waals surface area (Å²) in [7, 11) is 0. The molecule has 3 aromatic heterocycles. The number of hydrogen-bond acceptors (Lipinski definition) is 5. The number of pyridine rings is 1. The monoisotopic (exact) mass is 353 g/mol. The molecule has 4 aromatic rings. The number of aromatic nitrogens is 5. The number of halogens is 1. The third kappa shape index (κ3) is 2.54. The van der Waals surface area contributed by atoms with Crippen molar-refractivity contribution in [1.29, 1.82) is 0 Å². The van der Waals surface area contributed by atoms with Gasteiger partial charge in [-0.15, -0.1) is 0 Å². The van der Waals surface area contributed by atoms with E-state index in [0.717, 1.165) is 27.5 Å². The van der Waals surface area contributed by atoms with Gasteiger partial charge in [-0.1, -0.05) is 11.6 Å². The van der Waals surface area contributed by atoms with Gasteiger partial charge in [0.05, 0.1) is 5.52 Å². The minimum absolute atomic E-state index is 0.567. The Balaban J connectivity index is 2.11. The van der Waals surface area contributed by atoms with Crippen LogP contribution < -0.4 is 0 Å². The Morgan fingerprint density at radius 3 is 2.56 bits per heavy atom. The zero-order valence-electron chi connectivity index (χ0n) is 14.0. The summed E-state index contributed by atoms with van der Waals surface area (Å²) in [5.74, 6) is 0.652. The number of H-pyrrole nitrogens is 1. The lowest BCUT2D eigenvalue weighted by molar-refractivity contribution is 0.222. The molecule has 0 aliphatic heterocycles. The van der Waals surface area contributed by atoms with Gasteiger partial charge < -0.3 is 5.11 Å². The zero-order chi connectivity index (χ0) is 17.7. The maximum Gasteiger partial charge on any atom is 0.182 e. The van der Waals surface area contributed by atoms with Gasteiger partial charge in [0.2, 0.25) is 0 Å². The van der Waals surface area contributed by atoms with Gasteiger partial charge in [-0.25, -0.2) is 15.0 Å². The molecule has 7 heteroatoms. The fourth-order valence-electron chi connectivity index (χ4n) is 3.14. The van der Waals surface area contributed by atoms with E-state index in [4.69, 9.17) is 11.6 Å². The van der Waals surface area contributed by atoms with E-state index in [1.807, 2.05) is 26.0 Å². The van der Waals surface area contributed by atoms with Crippen LogP contribution in [0.15, 0.2) is 24.5 Å². The Labute approximate surface area is 148 Å². The first kappa shape index (κ1) is 15.9. The average molecular weight is 354 g/mol. The number of fused-ring (bicyclic) bond motifs is 2. The molecule has 0 fully saturated rings. The van der Waals surface area contributed by atoms with Gasteiger partial charge in [0.15, 0.2) is 5.65 Å². The Kier molecular flexibility index (Phi) is 3.67. The lowest BCUT2D eigenvalue weighted by Gasteiger charge is -2.16. The number of aliphatic hydroxyl groups is 1. The first-order valence-electron chi connectivity index (χ1n) is 7.86. The van der Waals surface area contributed by atoms with Crippen LogP contribution in [0, 0.1) is 20.8 Å². The lowest BCUT2D eigenvalue weighted by Crippen LogP contribution is -2.05. The summed E-state index contributed by atoms with van der Waals surface area (Å²) < 4.78 is 0. The molecule has 6 nitrogen and oxygen atoms in total. The summed E-state index contributed by atoms with van der Waals surface area (Å²) in [5, 5.41) is 20.5. The molecular formula is C18H16ClN5O. The highest BCUT2D eigenvalue weighted by Gasteiger charge is 2.23. The smallest absolute Gasteiger partial charge is 0.182 e. The van der Waals surface area contributed by atoms with Crippen LogP contribution in [0.5, 0.6) is 0 Å². The van der Waals surface area contributed by atoms with Gasteiger partial charge in [-0.3, -0.25) is 5.10 Å². The molecule has 0 aliphatic rings. The number of aryl methyl sites for hydroxylation is 3. The molecule has 3 heterocycles. The molecule has 4 rings (SSSR count). The van der Waals surface area contributed by atoms with Crippen LogP contribution in [-0.2, 0) is 0 Å². The van der Waals surface area contributed by atoms with Crippen LogP contribution in [0.3, 0.4) is 0 Å². The maximum absolute atomic E-state index is 11.1. The minimum atomic E-state index is -0.914. The summed E-state index contributed by atoms with van der Waals surface area (Å²) in [5.41, 5.74) is 4.42. The van der Waals surface area contributed by atoms with Crippen molar-refractivity contribution < 1.29 is 5.11 Å². The molecule has 25 heavy (non-hydrogen) atoms. The van der Waals surface area contributed by atoms with Crippen LogP contribution in [0.2, 0.25) is 5.02 Å². The first-order valence-corrected chi connectivity index (χ1v) is 8.24. The van der Waals surface area contributed by atoms with Crippen molar-refractivity contribution in [3.8, 4) is 0 Å². The van der Waals surface area contributed by atoms with Crippen molar-refractivity contribution in [3.05, 3.63) is 57.8 Å². The van der Waals surface area contributed by atoms with Crippen LogP contribution in [0.1, 0.15) is 34.3 Å². The highest BCUT2D eigenvalue weighted by molar-refractivity contribution is 6.31. The molecule has 0 spiro atoms. The van der Waals surface area contributed by atoms with Crippen LogP contribution in [0.25, 0.3) is 21.9 Å². The van der Waals surface area contributed by atoms with Crippen LogP contribution in [-0.4, -0.2) is 30.3 Å². The van der Waals surface area contributed by atoms with E-state index in [2.05, 4.69) is 25.1 Å². The largest absolute Gasteiger partial charge is 0.383 e. The van der Waals surface area contributed by atoms with Gasteiger partial charge in [0.25, 0.3) is 0 Å². The number of rotatable bonds is 2. The Bertz CT molecular complexity index is 1100. The predicted octanol–water partition coefficient (Wildman–Crippen LogP) is 3.56. The summed E-state index contributed by atoms with van der Waals surface area (Å²) in [4.78, 5) is 13.0. The molecule has 0 saturated carbocycles. The summed E-state index contributed by atoms with van der Waals surface area (Å²) in [6.45, 7) is 5.65. The minimum Gasteiger partial charge on any atom is -0.383 e. The van der Waals surface area contributed by atoms with Crippen molar-refractivity contribution in [3.63, 3.8) is 0 Å². The van der Waals surface area contributed by atoms with Crippen molar-refractivity contribution >= 4 is 33.5 Å². The van der Waals surface area contributed by atoms with Crippen LogP contribution in [0.4, 0.5) is 0 Å². The fraction of sp³-hybridized carbons (Fsp3) is 0.222. The molecule has 126 valence electrons. The SMILES string of the molecule is Cc1ncc(C(O)c2c3cc(Cl)cc(C)c3nc3n[nH]c(C)c23)cn1. The van der Waals surface area contributed by atoms with E-state index in [1.165, 1.54) is 0 Å². The van der Waals surface area contributed by atoms with E-state index >= 15 is 0 Å². The highest BCUT2D eigenvalue weighted by atomic mass is 35.5. The number of nitrogens with zero attached hydrogens (tertiary/aromatic N) is 4. The number of nitrogens with one attached hydrogen (secondary N) is 1. The number of aliphatic hydroxyl groups excluding tert-OH is 1. The fourth-order valence-corrected chi connectivity index (χ4v) is 3.42. The molecule has 0 radical (unpaired) electrons. The van der Waals surface area contributed by atoms with Crippen molar-refractivity contribution in [2.24, 2.45) is 0 Å². The van der Waals surface area contributed by atoms with Gasteiger partial charge in [-0.05, 0) is 38.5 Å². The van der Waals surface area contributed by atoms with E-state index in [0.29, 0.717) is 27.6 Å². The van der Waals surface area contributed by atoms with E-state index in [9.17, 15) is 5.11 Å². The number of aromatic amines is 1. The molecule has 0 saturated heterocycles. The van der Waals surface area contributed by atoms with Gasteiger partial charge in [0, 0.05) is 45.0 Å². The van der Waals surface area contributed by atoms with Crippen molar-refractivity contribution in [2.75, 3.05) is 0 Å². The normalized spacial score (nSPS) is 12.8. The van der Waals surface area contributed by atoms with E-state index in [-0.39, 0.29) is 0 Å². The summed E-state index contributed by atoms with van der Waals surface area (Å²) >= 11 is 6.27. The third-order valence-electron chi connectivity index (χ3n) is 4.36. The lowest BCUT2D eigenvalue weighted by atomic mass is 9.95. The quantitative estimate of drug-likeness (QED) is 0.575. The van der Waals surface area contributed by atoms with Gasteiger partial charge >= 0.3 is 0 Å². The van der Waals surface area contributed by atoms with Gasteiger partial charge in [-0.2, -0.15) is 5.10 Å². The van der Waals surface area contributed by atoms with Crippen LogP contribution >= 0.6 is 11.6 Å². The molecular weight excluding hydrogens is 338 g/mol. The third-order valence-corrected chi connectivity index (χ3v) is 4.58. The van der Waals surface area contributed by atoms with Crippen molar-refractivity contribution in [2.45, 2.75) is 26.9 Å². The Hall–Kier alpha value is -2.57. The summed E-state index contributed by atoms with van der Waals surface area (Å²) in [6.07, 6.45) is 2.36. The standard InChI is InChI=1S/C18H16ClN5O/c1-8-4-12(19)5-13-15(17(25)11-6-20-10(3)21-7-11)14-9(2)23-24-18(14)22-16(8)13/h4-7,17,25H,1-3H3,(H,22,23,24). The second-order valence-electron chi connectivity index (χ2n) is 6.16. The van der Waals surface area contributed by atoms with Gasteiger partial charge in [0.1, 0.15) is 11.9 Å². The maximum atomic E-state index is 11.1. The van der Waals surface area contributed by atoms with Crippen molar-refractivity contribution in [1.82, 2.24) is 25.1 Å². The van der Waals surface area contributed by atoms with E-state index in [1.54, 1.807) is 19.3 Å². The molecule has 0 aliphatic carbocycles. The topological polar surface area (TPSA) is 87.6 Å². The predicted molar refractivity (Wildman–Crippen MR) is 96.7 cm³/mol. The molecule has 1 atom stereocenters. The summed E-state index contributed by atoms with van der Waals surface area (Å²) in [6, 6.07) is 3.68. The molecule has 2 N–H and O–H groups in total. The Morgan fingerprint density at radius 1 is 1.12 bits per heavy atom. The number of benzene rings is 1. The van der Waals surface area contributed by atoms with E-state index < -0.39 is 6.10 Å². The second kappa shape index (κ2) is 5.75. The highest BCUT2D eigenvalue weighted by Crippen LogP contribution is 2.37. The number of hydrogen-bond donors (Lipinski definition) is 2. The Morgan fingerprint density at radius 2 is 1.84 bits per heavy atom. The molecule has 1 unspecified atom stereocenters. The average Bonchev–Trinajstić information content (AvgIpc) is 2.94. The molecule has 0 amide bonds.